The molecule has 2 rings (SSSR count). The van der Waals surface area contributed by atoms with Crippen LogP contribution >= 0.6 is 39.1 Å². The van der Waals surface area contributed by atoms with Crippen molar-refractivity contribution in [2.75, 3.05) is 6.54 Å². The van der Waals surface area contributed by atoms with Gasteiger partial charge in [0.1, 0.15) is 0 Å². The summed E-state index contributed by atoms with van der Waals surface area (Å²) in [6.45, 7) is 0.463. The molecular formula is C13H16BrCl2NO2S. The molecule has 1 aliphatic carbocycles. The highest BCUT2D eigenvalue weighted by molar-refractivity contribution is 9.09. The Balaban J connectivity index is 2.01. The van der Waals surface area contributed by atoms with Crippen molar-refractivity contribution < 1.29 is 8.42 Å². The number of hydrogen-bond donors (Lipinski definition) is 1. The van der Waals surface area contributed by atoms with Crippen LogP contribution in [0.4, 0.5) is 0 Å². The van der Waals surface area contributed by atoms with Crippen LogP contribution in [-0.4, -0.2) is 19.8 Å². The first-order valence-electron chi connectivity index (χ1n) is 6.47. The average Bonchev–Trinajstić information content (AvgIpc) is 2.40. The van der Waals surface area contributed by atoms with E-state index in [-0.39, 0.29) is 9.92 Å². The molecule has 0 aliphatic heterocycles. The van der Waals surface area contributed by atoms with Gasteiger partial charge in [-0.25, -0.2) is 13.1 Å². The second-order valence-corrected chi connectivity index (χ2v) is 8.93. The molecule has 2 atom stereocenters. The Bertz CT molecular complexity index is 580. The van der Waals surface area contributed by atoms with Crippen molar-refractivity contribution in [2.24, 2.45) is 5.92 Å². The molecule has 0 amide bonds. The van der Waals surface area contributed by atoms with Crippen molar-refractivity contribution >= 4 is 49.2 Å². The third kappa shape index (κ3) is 4.34. The largest absolute Gasteiger partial charge is 0.240 e. The fourth-order valence-corrected chi connectivity index (χ4v) is 4.72. The van der Waals surface area contributed by atoms with E-state index in [2.05, 4.69) is 20.7 Å². The SMILES string of the molecule is O=S(=O)(NCC1CCCC(Br)C1)c1ccc(Cl)c(Cl)c1. The van der Waals surface area contributed by atoms with Crippen LogP contribution in [0.1, 0.15) is 25.7 Å². The molecule has 1 aromatic rings. The summed E-state index contributed by atoms with van der Waals surface area (Å²) in [6, 6.07) is 4.33. The molecule has 2 unspecified atom stereocenters. The molecule has 7 heteroatoms. The van der Waals surface area contributed by atoms with E-state index in [4.69, 9.17) is 23.2 Å². The van der Waals surface area contributed by atoms with E-state index < -0.39 is 10.0 Å². The van der Waals surface area contributed by atoms with Crippen LogP contribution in [-0.2, 0) is 10.0 Å². The molecule has 3 nitrogen and oxygen atoms in total. The minimum atomic E-state index is -3.52. The van der Waals surface area contributed by atoms with Crippen LogP contribution in [0.3, 0.4) is 0 Å². The molecule has 1 N–H and O–H groups in total. The lowest BCUT2D eigenvalue weighted by Gasteiger charge is -2.25. The molecule has 112 valence electrons. The van der Waals surface area contributed by atoms with E-state index in [1.165, 1.54) is 18.2 Å². The smallest absolute Gasteiger partial charge is 0.211 e. The lowest BCUT2D eigenvalue weighted by molar-refractivity contribution is 0.368. The lowest BCUT2D eigenvalue weighted by atomic mass is 9.89. The number of sulfonamides is 1. The third-order valence-corrected chi connectivity index (χ3v) is 6.47. The predicted molar refractivity (Wildman–Crippen MR) is 86.3 cm³/mol. The van der Waals surface area contributed by atoms with Gasteiger partial charge in [-0.2, -0.15) is 0 Å². The number of halogens is 3. The first-order valence-corrected chi connectivity index (χ1v) is 9.63. The zero-order chi connectivity index (χ0) is 14.8. The van der Waals surface area contributed by atoms with Crippen molar-refractivity contribution in [1.29, 1.82) is 0 Å². The van der Waals surface area contributed by atoms with Crippen molar-refractivity contribution in [3.8, 4) is 0 Å². The van der Waals surface area contributed by atoms with Gasteiger partial charge in [-0.3, -0.25) is 0 Å². The minimum absolute atomic E-state index is 0.151. The fourth-order valence-electron chi connectivity index (χ4n) is 2.37. The number of rotatable bonds is 4. The Morgan fingerprint density at radius 2 is 2.00 bits per heavy atom. The maximum atomic E-state index is 12.2. The topological polar surface area (TPSA) is 46.2 Å². The highest BCUT2D eigenvalue weighted by Gasteiger charge is 2.22. The van der Waals surface area contributed by atoms with Crippen LogP contribution < -0.4 is 4.72 Å². The van der Waals surface area contributed by atoms with E-state index >= 15 is 0 Å². The highest BCUT2D eigenvalue weighted by atomic mass is 79.9. The van der Waals surface area contributed by atoms with Gasteiger partial charge in [0, 0.05) is 11.4 Å². The summed E-state index contributed by atoms with van der Waals surface area (Å²) in [5.74, 6) is 0.380. The van der Waals surface area contributed by atoms with Gasteiger partial charge < -0.3 is 0 Å². The van der Waals surface area contributed by atoms with Crippen molar-refractivity contribution in [1.82, 2.24) is 4.72 Å². The zero-order valence-electron chi connectivity index (χ0n) is 10.8. The summed E-state index contributed by atoms with van der Waals surface area (Å²) in [5.41, 5.74) is 0. The van der Waals surface area contributed by atoms with Crippen LogP contribution in [0.2, 0.25) is 10.0 Å². The Morgan fingerprint density at radius 3 is 2.65 bits per heavy atom. The molecule has 0 saturated heterocycles. The normalized spacial score (nSPS) is 23.8. The third-order valence-electron chi connectivity index (χ3n) is 3.48. The van der Waals surface area contributed by atoms with Gasteiger partial charge in [-0.15, -0.1) is 0 Å². The van der Waals surface area contributed by atoms with Gasteiger partial charge in [0.25, 0.3) is 0 Å². The molecule has 0 radical (unpaired) electrons. The average molecular weight is 401 g/mol. The quantitative estimate of drug-likeness (QED) is 0.768. The van der Waals surface area contributed by atoms with Crippen molar-refractivity contribution in [2.45, 2.75) is 35.4 Å². The van der Waals surface area contributed by atoms with Gasteiger partial charge in [0.05, 0.1) is 14.9 Å². The highest BCUT2D eigenvalue weighted by Crippen LogP contribution is 2.29. The van der Waals surface area contributed by atoms with E-state index in [1.807, 2.05) is 0 Å². The number of nitrogens with one attached hydrogen (secondary N) is 1. The van der Waals surface area contributed by atoms with Gasteiger partial charge in [-0.05, 0) is 43.4 Å². The predicted octanol–water partition coefficient (Wildman–Crippen LogP) is 4.23. The first-order chi connectivity index (χ1) is 9.38. The van der Waals surface area contributed by atoms with Crippen molar-refractivity contribution in [3.05, 3.63) is 28.2 Å². The molecular weight excluding hydrogens is 385 g/mol. The Labute approximate surface area is 138 Å². The summed E-state index contributed by atoms with van der Waals surface area (Å²) in [7, 11) is -3.52. The maximum absolute atomic E-state index is 12.2. The molecule has 0 spiro atoms. The minimum Gasteiger partial charge on any atom is -0.211 e. The maximum Gasteiger partial charge on any atom is 0.240 e. The number of alkyl halides is 1. The van der Waals surface area contributed by atoms with E-state index in [1.54, 1.807) is 0 Å². The van der Waals surface area contributed by atoms with E-state index in [0.717, 1.165) is 25.7 Å². The second-order valence-electron chi connectivity index (χ2n) is 5.06. The summed E-state index contributed by atoms with van der Waals surface area (Å²) in [5, 5.41) is 0.591. The molecule has 1 fully saturated rings. The monoisotopic (exact) mass is 399 g/mol. The second kappa shape index (κ2) is 6.97. The van der Waals surface area contributed by atoms with Gasteiger partial charge in [0.2, 0.25) is 10.0 Å². The van der Waals surface area contributed by atoms with Crippen LogP contribution in [0.5, 0.6) is 0 Å². The molecule has 1 saturated carbocycles. The van der Waals surface area contributed by atoms with Gasteiger partial charge in [-0.1, -0.05) is 45.6 Å². The first kappa shape index (κ1) is 16.6. The summed E-state index contributed by atoms with van der Waals surface area (Å²) in [4.78, 5) is 0.647. The summed E-state index contributed by atoms with van der Waals surface area (Å²) in [6.07, 6.45) is 4.36. The standard InChI is InChI=1S/C13H16BrCl2NO2S/c14-10-3-1-2-9(6-10)8-17-20(18,19)11-4-5-12(15)13(16)7-11/h4-5,7,9-10,17H,1-3,6,8H2. The van der Waals surface area contributed by atoms with Gasteiger partial charge in [0.15, 0.2) is 0 Å². The molecule has 20 heavy (non-hydrogen) atoms. The summed E-state index contributed by atoms with van der Waals surface area (Å²) < 4.78 is 27.1. The van der Waals surface area contributed by atoms with Crippen LogP contribution in [0.25, 0.3) is 0 Å². The molecule has 0 bridgehead atoms. The summed E-state index contributed by atoms with van der Waals surface area (Å²) >= 11 is 15.3. The Hall–Kier alpha value is 0.190. The van der Waals surface area contributed by atoms with E-state index in [0.29, 0.717) is 22.3 Å². The number of hydrogen-bond acceptors (Lipinski definition) is 2. The molecule has 0 aromatic heterocycles. The lowest BCUT2D eigenvalue weighted by Crippen LogP contribution is -2.32. The van der Waals surface area contributed by atoms with Crippen LogP contribution in [0.15, 0.2) is 23.1 Å². The van der Waals surface area contributed by atoms with Crippen LogP contribution in [0, 0.1) is 5.92 Å². The zero-order valence-corrected chi connectivity index (χ0v) is 14.7. The molecule has 1 aromatic carbocycles. The fraction of sp³-hybridized carbons (Fsp3) is 0.538. The molecule has 0 heterocycles. The number of benzene rings is 1. The molecule has 1 aliphatic rings. The van der Waals surface area contributed by atoms with Gasteiger partial charge >= 0.3 is 0 Å². The Kier molecular flexibility index (Phi) is 5.77. The van der Waals surface area contributed by atoms with Crippen molar-refractivity contribution in [3.63, 3.8) is 0 Å². The van der Waals surface area contributed by atoms with E-state index in [9.17, 15) is 8.42 Å². The Morgan fingerprint density at radius 1 is 1.25 bits per heavy atom.